The Hall–Kier alpha value is -4.33. The Morgan fingerprint density at radius 2 is 1.53 bits per heavy atom. The number of fused-ring (bicyclic) bond motifs is 1. The zero-order valence-electron chi connectivity index (χ0n) is 15.8. The standard InChI is InChI=1S/C22H15N3O5/c1-13-2-7-16(8-3-13)24-21(27)18-11-4-14(12-19(18)22(24)28)20(26)23-15-5-9-17(10-6-15)25(29)30/h2-12H,1H3,(H,23,26). The number of nitrogens with one attached hydrogen (secondary N) is 1. The monoisotopic (exact) mass is 401 g/mol. The van der Waals surface area contributed by atoms with Crippen molar-refractivity contribution in [1.29, 1.82) is 0 Å². The average molecular weight is 401 g/mol. The molecule has 0 saturated carbocycles. The molecule has 0 unspecified atom stereocenters. The highest BCUT2D eigenvalue weighted by Crippen LogP contribution is 2.29. The Kier molecular flexibility index (Phi) is 4.59. The van der Waals surface area contributed by atoms with Crippen molar-refractivity contribution in [2.24, 2.45) is 0 Å². The Bertz CT molecular complexity index is 1200. The molecule has 0 fully saturated rings. The molecular formula is C22H15N3O5. The van der Waals surface area contributed by atoms with Crippen molar-refractivity contribution in [1.82, 2.24) is 0 Å². The lowest BCUT2D eigenvalue weighted by atomic mass is 10.1. The quantitative estimate of drug-likeness (QED) is 0.404. The van der Waals surface area contributed by atoms with Gasteiger partial charge in [-0.1, -0.05) is 17.7 Å². The number of anilines is 2. The van der Waals surface area contributed by atoms with Crippen molar-refractivity contribution >= 4 is 34.8 Å². The summed E-state index contributed by atoms with van der Waals surface area (Å²) in [6, 6.07) is 16.7. The van der Waals surface area contributed by atoms with Gasteiger partial charge in [-0.3, -0.25) is 24.5 Å². The molecule has 1 aliphatic rings. The fraction of sp³-hybridized carbons (Fsp3) is 0.0455. The van der Waals surface area contributed by atoms with E-state index < -0.39 is 22.6 Å². The number of nitro groups is 1. The van der Waals surface area contributed by atoms with E-state index in [1.807, 2.05) is 19.1 Å². The van der Waals surface area contributed by atoms with Crippen LogP contribution in [0.15, 0.2) is 66.7 Å². The van der Waals surface area contributed by atoms with Crippen molar-refractivity contribution < 1.29 is 19.3 Å². The van der Waals surface area contributed by atoms with Crippen molar-refractivity contribution in [2.45, 2.75) is 6.92 Å². The molecule has 0 aromatic heterocycles. The number of benzene rings is 3. The predicted octanol–water partition coefficient (Wildman–Crippen LogP) is 3.96. The van der Waals surface area contributed by atoms with Crippen molar-refractivity contribution in [3.8, 4) is 0 Å². The number of hydrogen-bond acceptors (Lipinski definition) is 5. The molecule has 8 nitrogen and oxygen atoms in total. The normalized spacial score (nSPS) is 12.6. The van der Waals surface area contributed by atoms with E-state index in [4.69, 9.17) is 0 Å². The number of nitrogens with zero attached hydrogens (tertiary/aromatic N) is 2. The molecule has 3 aromatic carbocycles. The molecule has 3 amide bonds. The summed E-state index contributed by atoms with van der Waals surface area (Å²) in [7, 11) is 0. The topological polar surface area (TPSA) is 110 Å². The van der Waals surface area contributed by atoms with E-state index in [0.717, 1.165) is 10.5 Å². The van der Waals surface area contributed by atoms with Crippen LogP contribution in [0.25, 0.3) is 0 Å². The largest absolute Gasteiger partial charge is 0.322 e. The maximum Gasteiger partial charge on any atom is 0.269 e. The minimum absolute atomic E-state index is 0.0918. The minimum Gasteiger partial charge on any atom is -0.322 e. The van der Waals surface area contributed by atoms with Crippen LogP contribution in [-0.2, 0) is 0 Å². The second-order valence-electron chi connectivity index (χ2n) is 6.80. The van der Waals surface area contributed by atoms with E-state index in [2.05, 4.69) is 5.32 Å². The number of aryl methyl sites for hydroxylation is 1. The molecule has 1 heterocycles. The van der Waals surface area contributed by atoms with Gasteiger partial charge in [0.25, 0.3) is 23.4 Å². The van der Waals surface area contributed by atoms with Gasteiger partial charge in [0, 0.05) is 23.4 Å². The molecule has 3 aromatic rings. The molecule has 0 saturated heterocycles. The first-order valence-electron chi connectivity index (χ1n) is 9.00. The highest BCUT2D eigenvalue weighted by Gasteiger charge is 2.37. The summed E-state index contributed by atoms with van der Waals surface area (Å²) in [5.41, 5.74) is 2.31. The first kappa shape index (κ1) is 19.0. The third kappa shape index (κ3) is 3.30. The maximum absolute atomic E-state index is 12.8. The second-order valence-corrected chi connectivity index (χ2v) is 6.80. The fourth-order valence-electron chi connectivity index (χ4n) is 3.18. The van der Waals surface area contributed by atoms with Gasteiger partial charge in [0.2, 0.25) is 0 Å². The number of carbonyl (C=O) groups excluding carboxylic acids is 3. The van der Waals surface area contributed by atoms with E-state index >= 15 is 0 Å². The van der Waals surface area contributed by atoms with E-state index in [1.54, 1.807) is 12.1 Å². The van der Waals surface area contributed by atoms with Gasteiger partial charge >= 0.3 is 0 Å². The number of rotatable bonds is 4. The third-order valence-corrected chi connectivity index (χ3v) is 4.78. The molecule has 0 atom stereocenters. The average Bonchev–Trinajstić information content (AvgIpc) is 2.99. The molecule has 8 heteroatoms. The van der Waals surface area contributed by atoms with Crippen LogP contribution in [0, 0.1) is 17.0 Å². The van der Waals surface area contributed by atoms with Crippen molar-refractivity contribution in [2.75, 3.05) is 10.2 Å². The Labute approximate surface area is 170 Å². The number of carbonyl (C=O) groups is 3. The van der Waals surface area contributed by atoms with Gasteiger partial charge in [0.1, 0.15) is 0 Å². The number of amides is 3. The summed E-state index contributed by atoms with van der Waals surface area (Å²) in [6.07, 6.45) is 0. The van der Waals surface area contributed by atoms with Crippen LogP contribution in [0.4, 0.5) is 17.1 Å². The summed E-state index contributed by atoms with van der Waals surface area (Å²) in [4.78, 5) is 49.4. The summed E-state index contributed by atoms with van der Waals surface area (Å²) in [6.45, 7) is 1.90. The molecule has 0 bridgehead atoms. The lowest BCUT2D eigenvalue weighted by Crippen LogP contribution is -2.29. The Morgan fingerprint density at radius 1 is 0.900 bits per heavy atom. The van der Waals surface area contributed by atoms with Gasteiger partial charge in [-0.25, -0.2) is 4.90 Å². The van der Waals surface area contributed by atoms with E-state index in [9.17, 15) is 24.5 Å². The highest BCUT2D eigenvalue weighted by atomic mass is 16.6. The predicted molar refractivity (Wildman–Crippen MR) is 110 cm³/mol. The Morgan fingerprint density at radius 3 is 2.17 bits per heavy atom. The summed E-state index contributed by atoms with van der Waals surface area (Å²) in [5, 5.41) is 13.3. The number of hydrogen-bond donors (Lipinski definition) is 1. The molecule has 148 valence electrons. The van der Waals surface area contributed by atoms with E-state index in [1.165, 1.54) is 42.5 Å². The number of non-ortho nitro benzene ring substituents is 1. The SMILES string of the molecule is Cc1ccc(N2C(=O)c3ccc(C(=O)Nc4ccc([N+](=O)[O-])cc4)cc3C2=O)cc1. The minimum atomic E-state index is -0.533. The van der Waals surface area contributed by atoms with Crippen LogP contribution in [0.3, 0.4) is 0 Å². The van der Waals surface area contributed by atoms with Crippen LogP contribution >= 0.6 is 0 Å². The van der Waals surface area contributed by atoms with Crippen molar-refractivity contribution in [3.05, 3.63) is 99.1 Å². The first-order valence-corrected chi connectivity index (χ1v) is 9.00. The highest BCUT2D eigenvalue weighted by molar-refractivity contribution is 6.34. The lowest BCUT2D eigenvalue weighted by molar-refractivity contribution is -0.384. The van der Waals surface area contributed by atoms with Crippen LogP contribution < -0.4 is 10.2 Å². The zero-order valence-corrected chi connectivity index (χ0v) is 15.8. The molecular weight excluding hydrogens is 386 g/mol. The summed E-state index contributed by atoms with van der Waals surface area (Å²) >= 11 is 0. The van der Waals surface area contributed by atoms with Crippen molar-refractivity contribution in [3.63, 3.8) is 0 Å². The molecule has 0 radical (unpaired) electrons. The molecule has 30 heavy (non-hydrogen) atoms. The smallest absolute Gasteiger partial charge is 0.269 e. The Balaban J connectivity index is 1.58. The van der Waals surface area contributed by atoms with Crippen LogP contribution in [0.5, 0.6) is 0 Å². The van der Waals surface area contributed by atoms with E-state index in [0.29, 0.717) is 11.4 Å². The number of imide groups is 1. The van der Waals surface area contributed by atoms with Crippen LogP contribution in [0.1, 0.15) is 36.6 Å². The van der Waals surface area contributed by atoms with Gasteiger partial charge in [-0.2, -0.15) is 0 Å². The molecule has 0 aliphatic carbocycles. The molecule has 1 aliphatic heterocycles. The van der Waals surface area contributed by atoms with E-state index in [-0.39, 0.29) is 22.4 Å². The van der Waals surface area contributed by atoms with Gasteiger partial charge in [-0.15, -0.1) is 0 Å². The molecule has 1 N–H and O–H groups in total. The summed E-state index contributed by atoms with van der Waals surface area (Å²) in [5.74, 6) is -1.44. The van der Waals surface area contributed by atoms with Gasteiger partial charge in [0.05, 0.1) is 21.7 Å². The zero-order chi connectivity index (χ0) is 21.4. The summed E-state index contributed by atoms with van der Waals surface area (Å²) < 4.78 is 0. The third-order valence-electron chi connectivity index (χ3n) is 4.78. The van der Waals surface area contributed by atoms with Gasteiger partial charge in [-0.05, 0) is 49.4 Å². The van der Waals surface area contributed by atoms with Crippen LogP contribution in [0.2, 0.25) is 0 Å². The maximum atomic E-state index is 12.8. The first-order chi connectivity index (χ1) is 14.3. The lowest BCUT2D eigenvalue weighted by Gasteiger charge is -2.13. The fourth-order valence-corrected chi connectivity index (χ4v) is 3.18. The number of nitro benzene ring substituents is 1. The second kappa shape index (κ2) is 7.25. The molecule has 0 spiro atoms. The molecule has 4 rings (SSSR count). The van der Waals surface area contributed by atoms with Gasteiger partial charge < -0.3 is 5.32 Å². The van der Waals surface area contributed by atoms with Gasteiger partial charge in [0.15, 0.2) is 0 Å². The van der Waals surface area contributed by atoms with Crippen LogP contribution in [-0.4, -0.2) is 22.6 Å².